The van der Waals surface area contributed by atoms with Crippen LogP contribution in [0, 0.1) is 10.1 Å². The Hall–Kier alpha value is -3.05. The Morgan fingerprint density at radius 3 is 2.20 bits per heavy atom. The van der Waals surface area contributed by atoms with E-state index >= 15 is 0 Å². The van der Waals surface area contributed by atoms with Crippen molar-refractivity contribution in [2.75, 3.05) is 13.2 Å². The highest BCUT2D eigenvalue weighted by atomic mass is 16.6. The van der Waals surface area contributed by atoms with E-state index in [1.54, 1.807) is 12.1 Å². The molecule has 10 nitrogen and oxygen atoms in total. The average molecular weight is 419 g/mol. The fourth-order valence-corrected chi connectivity index (χ4v) is 3.03. The molecule has 0 aliphatic carbocycles. The van der Waals surface area contributed by atoms with Crippen molar-refractivity contribution in [3.8, 4) is 0 Å². The molecular formula is C20H25N3O7. The standard InChI is InChI=1S/C20H25N3O7/c24-12-17(19(26)14-6-8-15(9-7-14)23(29)30)21-11-18(25)16(22-20(27)28)10-13-4-2-1-3-5-13/h1-9,16-19,21-22,24-26H,10-12H2,(H,27,28)/t16-,17-,18+,19?/m0/s1. The molecule has 1 unspecified atom stereocenters. The van der Waals surface area contributed by atoms with Crippen LogP contribution in [0.5, 0.6) is 0 Å². The molecule has 0 aliphatic rings. The summed E-state index contributed by atoms with van der Waals surface area (Å²) in [7, 11) is 0. The molecule has 162 valence electrons. The predicted molar refractivity (Wildman–Crippen MR) is 108 cm³/mol. The lowest BCUT2D eigenvalue weighted by Gasteiger charge is -2.27. The molecule has 0 fully saturated rings. The predicted octanol–water partition coefficient (Wildman–Crippen LogP) is 0.818. The molecule has 0 bridgehead atoms. The number of aliphatic hydroxyl groups excluding tert-OH is 3. The maximum atomic E-state index is 11.1. The molecule has 0 spiro atoms. The molecule has 0 aliphatic heterocycles. The molecule has 2 aromatic rings. The van der Waals surface area contributed by atoms with Gasteiger partial charge < -0.3 is 31.1 Å². The second kappa shape index (κ2) is 11.2. The second-order valence-corrected chi connectivity index (χ2v) is 6.80. The van der Waals surface area contributed by atoms with E-state index < -0.39 is 41.9 Å². The van der Waals surface area contributed by atoms with Crippen molar-refractivity contribution in [2.45, 2.75) is 30.7 Å². The molecule has 2 rings (SSSR count). The van der Waals surface area contributed by atoms with Gasteiger partial charge in [0, 0.05) is 18.7 Å². The van der Waals surface area contributed by atoms with Crippen molar-refractivity contribution in [3.05, 3.63) is 75.8 Å². The van der Waals surface area contributed by atoms with Crippen molar-refractivity contribution >= 4 is 11.8 Å². The Labute approximate surface area is 172 Å². The normalized spacial score (nSPS) is 15.0. The van der Waals surface area contributed by atoms with Gasteiger partial charge in [0.15, 0.2) is 0 Å². The first-order valence-electron chi connectivity index (χ1n) is 9.30. The van der Waals surface area contributed by atoms with Crippen LogP contribution in [-0.2, 0) is 6.42 Å². The van der Waals surface area contributed by atoms with E-state index in [0.717, 1.165) is 5.56 Å². The SMILES string of the molecule is O=C(O)N[C@@H](Cc1ccccc1)[C@H](O)CN[C@@H](CO)C(O)c1ccc([N+](=O)[O-])cc1. The number of benzene rings is 2. The van der Waals surface area contributed by atoms with E-state index in [-0.39, 0.29) is 18.7 Å². The minimum Gasteiger partial charge on any atom is -0.465 e. The van der Waals surface area contributed by atoms with Crippen LogP contribution in [0.3, 0.4) is 0 Å². The molecule has 0 saturated heterocycles. The maximum Gasteiger partial charge on any atom is 0.404 e. The minimum absolute atomic E-state index is 0.104. The smallest absolute Gasteiger partial charge is 0.404 e. The molecular weight excluding hydrogens is 394 g/mol. The second-order valence-electron chi connectivity index (χ2n) is 6.80. The highest BCUT2D eigenvalue weighted by Gasteiger charge is 2.25. The van der Waals surface area contributed by atoms with E-state index in [0.29, 0.717) is 5.56 Å². The molecule has 30 heavy (non-hydrogen) atoms. The quantitative estimate of drug-likeness (QED) is 0.230. The van der Waals surface area contributed by atoms with Gasteiger partial charge in [0.1, 0.15) is 0 Å². The molecule has 0 radical (unpaired) electrons. The van der Waals surface area contributed by atoms with E-state index in [2.05, 4.69) is 10.6 Å². The Balaban J connectivity index is 2.01. The van der Waals surface area contributed by atoms with Crippen molar-refractivity contribution < 1.29 is 30.1 Å². The number of nitrogens with one attached hydrogen (secondary N) is 2. The summed E-state index contributed by atoms with van der Waals surface area (Å²) in [6.45, 7) is -0.576. The first kappa shape index (κ1) is 23.2. The van der Waals surface area contributed by atoms with Gasteiger partial charge in [0.05, 0.1) is 35.8 Å². The number of carboxylic acid groups (broad SMARTS) is 1. The van der Waals surface area contributed by atoms with Crippen LogP contribution >= 0.6 is 0 Å². The molecule has 4 atom stereocenters. The molecule has 6 N–H and O–H groups in total. The number of hydrogen-bond acceptors (Lipinski definition) is 7. The Kier molecular flexibility index (Phi) is 8.69. The Morgan fingerprint density at radius 2 is 1.67 bits per heavy atom. The van der Waals surface area contributed by atoms with Crippen molar-refractivity contribution in [2.24, 2.45) is 0 Å². The van der Waals surface area contributed by atoms with Crippen LogP contribution in [0.4, 0.5) is 10.5 Å². The number of amides is 1. The summed E-state index contributed by atoms with van der Waals surface area (Å²) in [5.41, 5.74) is 1.06. The van der Waals surface area contributed by atoms with Crippen LogP contribution in [0.15, 0.2) is 54.6 Å². The number of nitrogens with zero attached hydrogens (tertiary/aromatic N) is 1. The van der Waals surface area contributed by atoms with Crippen molar-refractivity contribution in [1.29, 1.82) is 0 Å². The number of nitro benzene ring substituents is 1. The zero-order chi connectivity index (χ0) is 22.1. The molecule has 10 heteroatoms. The lowest BCUT2D eigenvalue weighted by atomic mass is 9.99. The zero-order valence-corrected chi connectivity index (χ0v) is 16.1. The lowest BCUT2D eigenvalue weighted by Crippen LogP contribution is -2.51. The van der Waals surface area contributed by atoms with Crippen LogP contribution in [-0.4, -0.2) is 62.8 Å². The van der Waals surface area contributed by atoms with Crippen LogP contribution in [0.1, 0.15) is 17.2 Å². The first-order valence-corrected chi connectivity index (χ1v) is 9.30. The number of aliphatic hydroxyl groups is 3. The summed E-state index contributed by atoms with van der Waals surface area (Å²) < 4.78 is 0. The van der Waals surface area contributed by atoms with Crippen LogP contribution in [0.25, 0.3) is 0 Å². The third-order valence-electron chi connectivity index (χ3n) is 4.68. The minimum atomic E-state index is -1.28. The summed E-state index contributed by atoms with van der Waals surface area (Å²) in [6.07, 6.45) is -3.35. The fourth-order valence-electron chi connectivity index (χ4n) is 3.03. The van der Waals surface area contributed by atoms with Gasteiger partial charge in [-0.2, -0.15) is 0 Å². The van der Waals surface area contributed by atoms with Crippen molar-refractivity contribution in [3.63, 3.8) is 0 Å². The highest BCUT2D eigenvalue weighted by Crippen LogP contribution is 2.20. The first-order chi connectivity index (χ1) is 14.3. The summed E-state index contributed by atoms with van der Waals surface area (Å²) in [5, 5.41) is 55.5. The summed E-state index contributed by atoms with van der Waals surface area (Å²) in [5.74, 6) is 0. The highest BCUT2D eigenvalue weighted by molar-refractivity contribution is 5.65. The van der Waals surface area contributed by atoms with Gasteiger partial charge in [-0.3, -0.25) is 10.1 Å². The third-order valence-corrected chi connectivity index (χ3v) is 4.68. The molecule has 0 saturated carbocycles. The van der Waals surface area contributed by atoms with Gasteiger partial charge in [-0.25, -0.2) is 4.79 Å². The zero-order valence-electron chi connectivity index (χ0n) is 16.1. The topological polar surface area (TPSA) is 165 Å². The van der Waals surface area contributed by atoms with Crippen molar-refractivity contribution in [1.82, 2.24) is 10.6 Å². The lowest BCUT2D eigenvalue weighted by molar-refractivity contribution is -0.384. The molecule has 1 amide bonds. The average Bonchev–Trinajstić information content (AvgIpc) is 2.73. The monoisotopic (exact) mass is 419 g/mol. The van der Waals surface area contributed by atoms with Gasteiger partial charge >= 0.3 is 6.09 Å². The molecule has 2 aromatic carbocycles. The van der Waals surface area contributed by atoms with E-state index in [1.807, 2.05) is 18.2 Å². The number of carbonyl (C=O) groups is 1. The van der Waals surface area contributed by atoms with E-state index in [1.165, 1.54) is 24.3 Å². The maximum absolute atomic E-state index is 11.1. The Bertz CT molecular complexity index is 817. The van der Waals surface area contributed by atoms with Crippen LogP contribution in [0.2, 0.25) is 0 Å². The summed E-state index contributed by atoms with van der Waals surface area (Å²) in [4.78, 5) is 21.3. The van der Waals surface area contributed by atoms with Gasteiger partial charge in [0.25, 0.3) is 5.69 Å². The van der Waals surface area contributed by atoms with Gasteiger partial charge in [-0.1, -0.05) is 30.3 Å². The van der Waals surface area contributed by atoms with E-state index in [4.69, 9.17) is 5.11 Å². The number of nitro groups is 1. The van der Waals surface area contributed by atoms with Gasteiger partial charge in [-0.05, 0) is 29.7 Å². The molecule has 0 heterocycles. The number of rotatable bonds is 11. The molecule has 0 aromatic heterocycles. The van der Waals surface area contributed by atoms with Gasteiger partial charge in [-0.15, -0.1) is 0 Å². The fraction of sp³-hybridized carbons (Fsp3) is 0.350. The number of hydrogen-bond donors (Lipinski definition) is 6. The number of non-ortho nitro benzene ring substituents is 1. The largest absolute Gasteiger partial charge is 0.465 e. The van der Waals surface area contributed by atoms with Crippen LogP contribution < -0.4 is 10.6 Å². The third kappa shape index (κ3) is 6.78. The summed E-state index contributed by atoms with van der Waals surface area (Å²) in [6, 6.07) is 12.6. The van der Waals surface area contributed by atoms with Gasteiger partial charge in [0.2, 0.25) is 0 Å². The Morgan fingerprint density at radius 1 is 1.03 bits per heavy atom. The summed E-state index contributed by atoms with van der Waals surface area (Å²) >= 11 is 0. The van der Waals surface area contributed by atoms with E-state index in [9.17, 15) is 30.2 Å².